The number of aliphatic hydroxyl groups is 1. The summed E-state index contributed by atoms with van der Waals surface area (Å²) in [5.74, 6) is -2.00. The third-order valence-corrected chi connectivity index (χ3v) is 4.40. The molecule has 0 spiro atoms. The molecule has 6 nitrogen and oxygen atoms in total. The van der Waals surface area contributed by atoms with Crippen molar-refractivity contribution >= 4 is 17.2 Å². The van der Waals surface area contributed by atoms with Gasteiger partial charge < -0.3 is 20.3 Å². The number of amides is 1. The van der Waals surface area contributed by atoms with Crippen LogP contribution in [-0.4, -0.2) is 32.9 Å². The van der Waals surface area contributed by atoms with Gasteiger partial charge in [0.15, 0.2) is 0 Å². The summed E-state index contributed by atoms with van der Waals surface area (Å²) in [5, 5.41) is 19.6. The van der Waals surface area contributed by atoms with E-state index in [1.54, 1.807) is 16.7 Å². The molecule has 0 aliphatic carbocycles. The minimum Gasteiger partial charge on any atom is -0.506 e. The molecule has 0 unspecified atom stereocenters. The summed E-state index contributed by atoms with van der Waals surface area (Å²) < 4.78 is 1.73. The van der Waals surface area contributed by atoms with Gasteiger partial charge in [-0.25, -0.2) is 0 Å². The average molecular weight is 352 g/mol. The second-order valence-corrected chi connectivity index (χ2v) is 6.10. The molecule has 2 aromatic heterocycles. The number of hydrogen-bond acceptors (Lipinski definition) is 4. The monoisotopic (exact) mass is 352 g/mol. The van der Waals surface area contributed by atoms with Crippen molar-refractivity contribution < 1.29 is 19.8 Å². The highest BCUT2D eigenvalue weighted by Gasteiger charge is 2.27. The van der Waals surface area contributed by atoms with E-state index in [0.29, 0.717) is 24.8 Å². The number of carbonyl (C=O) groups is 2. The number of primary amides is 1. The molecule has 0 saturated carbocycles. The maximum absolute atomic E-state index is 12.5. The van der Waals surface area contributed by atoms with Crippen LogP contribution in [-0.2, 0) is 17.6 Å². The van der Waals surface area contributed by atoms with Crippen LogP contribution in [0.2, 0.25) is 0 Å². The summed E-state index contributed by atoms with van der Waals surface area (Å²) in [7, 11) is 0. The maximum atomic E-state index is 12.5. The number of pyridine rings is 1. The van der Waals surface area contributed by atoms with E-state index >= 15 is 0 Å². The number of fused-ring (bicyclic) bond motifs is 1. The van der Waals surface area contributed by atoms with Crippen molar-refractivity contribution in [3.8, 4) is 5.75 Å². The molecule has 1 amide bonds. The van der Waals surface area contributed by atoms with Crippen LogP contribution in [0, 0.1) is 0 Å². The van der Waals surface area contributed by atoms with Crippen LogP contribution < -0.4 is 5.73 Å². The SMILES string of the molecule is NC(=O)C(=O)c1c(CCCO)c(Cc2ccccc2)n2cccc(O)c12. The summed E-state index contributed by atoms with van der Waals surface area (Å²) in [4.78, 5) is 24.1. The molecule has 0 fully saturated rings. The first-order chi connectivity index (χ1) is 12.5. The van der Waals surface area contributed by atoms with Crippen LogP contribution in [0.1, 0.15) is 33.6 Å². The van der Waals surface area contributed by atoms with Gasteiger partial charge in [-0.1, -0.05) is 30.3 Å². The number of aromatic hydroxyl groups is 1. The molecule has 6 heteroatoms. The fourth-order valence-electron chi connectivity index (χ4n) is 3.28. The van der Waals surface area contributed by atoms with E-state index < -0.39 is 11.7 Å². The Morgan fingerprint density at radius 2 is 1.81 bits per heavy atom. The molecule has 0 saturated heterocycles. The van der Waals surface area contributed by atoms with E-state index in [1.807, 2.05) is 30.3 Å². The molecular formula is C20H20N2O4. The first-order valence-electron chi connectivity index (χ1n) is 8.37. The van der Waals surface area contributed by atoms with Gasteiger partial charge in [-0.2, -0.15) is 0 Å². The number of carbonyl (C=O) groups excluding carboxylic acids is 2. The Morgan fingerprint density at radius 1 is 1.08 bits per heavy atom. The normalized spacial score (nSPS) is 11.0. The third-order valence-electron chi connectivity index (χ3n) is 4.40. The van der Waals surface area contributed by atoms with Gasteiger partial charge in [0, 0.05) is 24.9 Å². The Hall–Kier alpha value is -3.12. The van der Waals surface area contributed by atoms with Crippen LogP contribution in [0.25, 0.3) is 5.52 Å². The van der Waals surface area contributed by atoms with Gasteiger partial charge in [0.1, 0.15) is 5.75 Å². The Kier molecular flexibility index (Phi) is 5.04. The number of nitrogens with zero attached hydrogens (tertiary/aromatic N) is 1. The number of rotatable bonds is 7. The molecule has 2 heterocycles. The zero-order chi connectivity index (χ0) is 18.7. The molecule has 3 rings (SSSR count). The van der Waals surface area contributed by atoms with Crippen molar-refractivity contribution in [3.05, 3.63) is 71.0 Å². The van der Waals surface area contributed by atoms with E-state index in [9.17, 15) is 19.8 Å². The fraction of sp³-hybridized carbons (Fsp3) is 0.200. The van der Waals surface area contributed by atoms with E-state index in [0.717, 1.165) is 11.3 Å². The van der Waals surface area contributed by atoms with Crippen molar-refractivity contribution in [2.45, 2.75) is 19.3 Å². The standard InChI is InChI=1S/C20H20N2O4/c21-20(26)19(25)17-14(8-5-11-23)15(12-13-6-2-1-3-7-13)22-10-4-9-16(24)18(17)22/h1-4,6-7,9-10,23-24H,5,8,11-12H2,(H2,21,26). The predicted octanol–water partition coefficient (Wildman–Crippen LogP) is 1.83. The lowest BCUT2D eigenvalue weighted by atomic mass is 9.97. The number of benzene rings is 1. The zero-order valence-electron chi connectivity index (χ0n) is 14.2. The molecular weight excluding hydrogens is 332 g/mol. The van der Waals surface area contributed by atoms with Gasteiger partial charge in [0.05, 0.1) is 11.1 Å². The smallest absolute Gasteiger partial charge is 0.289 e. The highest BCUT2D eigenvalue weighted by atomic mass is 16.3. The zero-order valence-corrected chi connectivity index (χ0v) is 14.2. The molecule has 26 heavy (non-hydrogen) atoms. The first kappa shape index (κ1) is 17.7. The molecule has 1 aromatic carbocycles. The van der Waals surface area contributed by atoms with Crippen LogP contribution in [0.3, 0.4) is 0 Å². The van der Waals surface area contributed by atoms with Crippen molar-refractivity contribution in [1.29, 1.82) is 0 Å². The summed E-state index contributed by atoms with van der Waals surface area (Å²) in [6.07, 6.45) is 3.08. The van der Waals surface area contributed by atoms with Crippen molar-refractivity contribution in [3.63, 3.8) is 0 Å². The number of ketones is 1. The van der Waals surface area contributed by atoms with E-state index in [2.05, 4.69) is 0 Å². The van der Waals surface area contributed by atoms with E-state index in [-0.39, 0.29) is 23.4 Å². The number of hydrogen-bond donors (Lipinski definition) is 3. The second-order valence-electron chi connectivity index (χ2n) is 6.10. The Balaban J connectivity index is 2.28. The molecule has 0 aliphatic heterocycles. The molecule has 0 atom stereocenters. The summed E-state index contributed by atoms with van der Waals surface area (Å²) in [5.41, 5.74) is 8.08. The lowest BCUT2D eigenvalue weighted by Gasteiger charge is -2.08. The van der Waals surface area contributed by atoms with Crippen molar-refractivity contribution in [2.75, 3.05) is 6.61 Å². The largest absolute Gasteiger partial charge is 0.506 e. The van der Waals surface area contributed by atoms with Gasteiger partial charge in [-0.3, -0.25) is 9.59 Å². The lowest BCUT2D eigenvalue weighted by molar-refractivity contribution is -0.114. The van der Waals surface area contributed by atoms with Gasteiger partial charge in [0.25, 0.3) is 11.7 Å². The lowest BCUT2D eigenvalue weighted by Crippen LogP contribution is -2.24. The minimum atomic E-state index is -1.07. The average Bonchev–Trinajstić information content (AvgIpc) is 2.95. The van der Waals surface area contributed by atoms with Crippen LogP contribution in [0.15, 0.2) is 48.7 Å². The maximum Gasteiger partial charge on any atom is 0.289 e. The topological polar surface area (TPSA) is 105 Å². The number of aromatic nitrogens is 1. The van der Waals surface area contributed by atoms with Crippen LogP contribution >= 0.6 is 0 Å². The van der Waals surface area contributed by atoms with E-state index in [1.165, 1.54) is 6.07 Å². The number of Topliss-reactive ketones (excluding diaryl/α,β-unsaturated/α-hetero) is 1. The quantitative estimate of drug-likeness (QED) is 0.445. The fourth-order valence-corrected chi connectivity index (χ4v) is 3.28. The van der Waals surface area contributed by atoms with Gasteiger partial charge in [0.2, 0.25) is 0 Å². The summed E-state index contributed by atoms with van der Waals surface area (Å²) in [6, 6.07) is 12.8. The van der Waals surface area contributed by atoms with Crippen LogP contribution in [0.4, 0.5) is 0 Å². The summed E-state index contributed by atoms with van der Waals surface area (Å²) >= 11 is 0. The van der Waals surface area contributed by atoms with Crippen molar-refractivity contribution in [2.24, 2.45) is 5.73 Å². The molecule has 0 radical (unpaired) electrons. The Morgan fingerprint density at radius 3 is 2.46 bits per heavy atom. The van der Waals surface area contributed by atoms with Crippen LogP contribution in [0.5, 0.6) is 5.75 Å². The first-order valence-corrected chi connectivity index (χ1v) is 8.37. The molecule has 0 bridgehead atoms. The Bertz CT molecular complexity index is 961. The highest BCUT2D eigenvalue weighted by Crippen LogP contribution is 2.32. The molecule has 3 aromatic rings. The predicted molar refractivity (Wildman–Crippen MR) is 97.2 cm³/mol. The highest BCUT2D eigenvalue weighted by molar-refractivity contribution is 6.44. The Labute approximate surface area is 150 Å². The van der Waals surface area contributed by atoms with Gasteiger partial charge in [-0.15, -0.1) is 0 Å². The molecule has 0 aliphatic rings. The number of nitrogens with two attached hydrogens (primary N) is 1. The molecule has 4 N–H and O–H groups in total. The van der Waals surface area contributed by atoms with E-state index in [4.69, 9.17) is 5.73 Å². The molecule has 134 valence electrons. The van der Waals surface area contributed by atoms with Gasteiger partial charge >= 0.3 is 0 Å². The third kappa shape index (κ3) is 3.19. The van der Waals surface area contributed by atoms with Crippen molar-refractivity contribution in [1.82, 2.24) is 4.40 Å². The second kappa shape index (κ2) is 7.41. The number of aliphatic hydroxyl groups excluding tert-OH is 1. The summed E-state index contributed by atoms with van der Waals surface area (Å²) in [6.45, 7) is -0.0485. The minimum absolute atomic E-state index is 0.0485. The van der Waals surface area contributed by atoms with Gasteiger partial charge in [-0.05, 0) is 36.1 Å².